The van der Waals surface area contributed by atoms with E-state index in [4.69, 9.17) is 9.15 Å². The molecule has 0 bridgehead atoms. The van der Waals surface area contributed by atoms with Gasteiger partial charge in [0.2, 0.25) is 0 Å². The summed E-state index contributed by atoms with van der Waals surface area (Å²) in [7, 11) is 0. The van der Waals surface area contributed by atoms with Gasteiger partial charge in [-0.1, -0.05) is 0 Å². The summed E-state index contributed by atoms with van der Waals surface area (Å²) in [6, 6.07) is 7.42. The first-order valence-electron chi connectivity index (χ1n) is 9.05. The van der Waals surface area contributed by atoms with E-state index in [1.54, 1.807) is 30.8 Å². The Morgan fingerprint density at radius 3 is 2.92 bits per heavy atom. The zero-order chi connectivity index (χ0) is 18.0. The Balaban J connectivity index is 1.53. The van der Waals surface area contributed by atoms with Gasteiger partial charge < -0.3 is 24.9 Å². The number of rotatable bonds is 8. The van der Waals surface area contributed by atoms with Gasteiger partial charge in [-0.2, -0.15) is 0 Å². The highest BCUT2D eigenvalue weighted by Gasteiger charge is 2.16. The number of aromatic nitrogens is 1. The van der Waals surface area contributed by atoms with Crippen LogP contribution in [0.15, 0.2) is 52.3 Å². The molecule has 0 aromatic carbocycles. The van der Waals surface area contributed by atoms with Crippen molar-refractivity contribution in [3.05, 3.63) is 54.2 Å². The number of furan rings is 1. The van der Waals surface area contributed by atoms with Crippen LogP contribution in [0.5, 0.6) is 0 Å². The summed E-state index contributed by atoms with van der Waals surface area (Å²) >= 11 is 0. The van der Waals surface area contributed by atoms with Gasteiger partial charge in [-0.05, 0) is 42.7 Å². The Kier molecular flexibility index (Phi) is 7.04. The van der Waals surface area contributed by atoms with E-state index < -0.39 is 6.10 Å². The molecule has 0 saturated carbocycles. The maximum atomic E-state index is 10.3. The van der Waals surface area contributed by atoms with E-state index in [0.29, 0.717) is 19.0 Å². The summed E-state index contributed by atoms with van der Waals surface area (Å²) in [5, 5.41) is 16.9. The SMILES string of the molecule is OC(CN=C(NCCc1ccco1)NCC1CCCO1)c1ccncc1. The lowest BCUT2D eigenvalue weighted by Gasteiger charge is -2.16. The monoisotopic (exact) mass is 358 g/mol. The van der Waals surface area contributed by atoms with Gasteiger partial charge in [-0.15, -0.1) is 0 Å². The predicted molar refractivity (Wildman–Crippen MR) is 98.9 cm³/mol. The third-order valence-corrected chi connectivity index (χ3v) is 4.28. The first-order chi connectivity index (χ1) is 12.8. The molecule has 7 nitrogen and oxygen atoms in total. The third-order valence-electron chi connectivity index (χ3n) is 4.28. The van der Waals surface area contributed by atoms with Crippen LogP contribution in [-0.4, -0.2) is 48.4 Å². The van der Waals surface area contributed by atoms with Crippen molar-refractivity contribution in [2.24, 2.45) is 4.99 Å². The molecule has 3 heterocycles. The molecule has 2 unspecified atom stereocenters. The van der Waals surface area contributed by atoms with Crippen molar-refractivity contribution >= 4 is 5.96 Å². The lowest BCUT2D eigenvalue weighted by atomic mass is 10.1. The summed E-state index contributed by atoms with van der Waals surface area (Å²) in [4.78, 5) is 8.48. The van der Waals surface area contributed by atoms with Crippen LogP contribution in [0.3, 0.4) is 0 Å². The van der Waals surface area contributed by atoms with Crippen LogP contribution in [0, 0.1) is 0 Å². The van der Waals surface area contributed by atoms with Gasteiger partial charge in [0.05, 0.1) is 25.0 Å². The second-order valence-electron chi connectivity index (χ2n) is 6.26. The minimum Gasteiger partial charge on any atom is -0.469 e. The Labute approximate surface area is 153 Å². The van der Waals surface area contributed by atoms with Crippen molar-refractivity contribution in [3.63, 3.8) is 0 Å². The summed E-state index contributed by atoms with van der Waals surface area (Å²) in [6.07, 6.45) is 7.49. The highest BCUT2D eigenvalue weighted by molar-refractivity contribution is 5.79. The molecule has 1 aliphatic rings. The molecule has 2 atom stereocenters. The number of pyridine rings is 1. The van der Waals surface area contributed by atoms with Crippen LogP contribution < -0.4 is 10.6 Å². The first-order valence-corrected chi connectivity index (χ1v) is 9.05. The topological polar surface area (TPSA) is 91.9 Å². The fourth-order valence-electron chi connectivity index (χ4n) is 2.82. The summed E-state index contributed by atoms with van der Waals surface area (Å²) in [5.41, 5.74) is 0.804. The molecule has 7 heteroatoms. The average molecular weight is 358 g/mol. The maximum absolute atomic E-state index is 10.3. The van der Waals surface area contributed by atoms with Crippen LogP contribution >= 0.6 is 0 Å². The number of guanidine groups is 1. The van der Waals surface area contributed by atoms with Crippen LogP contribution in [-0.2, 0) is 11.2 Å². The molecule has 0 amide bonds. The molecular formula is C19H26N4O3. The molecule has 0 spiro atoms. The minimum atomic E-state index is -0.663. The Hall–Kier alpha value is -2.38. The van der Waals surface area contributed by atoms with E-state index >= 15 is 0 Å². The standard InChI is InChI=1S/C19H26N4O3/c24-18(15-5-8-20-9-6-15)14-23-19(22-13-17-4-2-12-26-17)21-10-7-16-3-1-11-25-16/h1,3,5-6,8-9,11,17-18,24H,2,4,7,10,12-14H2,(H2,21,22,23). The van der Waals surface area contributed by atoms with E-state index in [9.17, 15) is 5.11 Å². The van der Waals surface area contributed by atoms with Crippen molar-refractivity contribution in [1.29, 1.82) is 0 Å². The molecule has 1 aliphatic heterocycles. The highest BCUT2D eigenvalue weighted by atomic mass is 16.5. The molecule has 140 valence electrons. The number of aliphatic imine (C=N–C) groups is 1. The van der Waals surface area contributed by atoms with Gasteiger partial charge in [-0.25, -0.2) is 0 Å². The average Bonchev–Trinajstić information content (AvgIpc) is 3.38. The second kappa shape index (κ2) is 9.94. The molecule has 3 rings (SSSR count). The molecular weight excluding hydrogens is 332 g/mol. The number of ether oxygens (including phenoxy) is 1. The van der Waals surface area contributed by atoms with Gasteiger partial charge in [0, 0.05) is 38.5 Å². The number of nitrogens with zero attached hydrogens (tertiary/aromatic N) is 2. The van der Waals surface area contributed by atoms with E-state index in [1.807, 2.05) is 12.1 Å². The van der Waals surface area contributed by atoms with Gasteiger partial charge in [-0.3, -0.25) is 9.98 Å². The number of aliphatic hydroxyl groups is 1. The van der Waals surface area contributed by atoms with Crippen LogP contribution in [0.25, 0.3) is 0 Å². The number of hydrogen-bond donors (Lipinski definition) is 3. The van der Waals surface area contributed by atoms with Gasteiger partial charge >= 0.3 is 0 Å². The molecule has 3 N–H and O–H groups in total. The van der Waals surface area contributed by atoms with Crippen molar-refractivity contribution in [3.8, 4) is 0 Å². The third kappa shape index (κ3) is 5.86. The van der Waals surface area contributed by atoms with Crippen molar-refractivity contribution in [1.82, 2.24) is 15.6 Å². The largest absolute Gasteiger partial charge is 0.469 e. The van der Waals surface area contributed by atoms with Crippen molar-refractivity contribution < 1.29 is 14.3 Å². The first kappa shape index (κ1) is 18.4. The molecule has 2 aromatic heterocycles. The maximum Gasteiger partial charge on any atom is 0.191 e. The lowest BCUT2D eigenvalue weighted by Crippen LogP contribution is -2.42. The second-order valence-corrected chi connectivity index (χ2v) is 6.26. The number of nitrogens with one attached hydrogen (secondary N) is 2. The Morgan fingerprint density at radius 2 is 2.19 bits per heavy atom. The van der Waals surface area contributed by atoms with E-state index in [1.165, 1.54) is 0 Å². The van der Waals surface area contributed by atoms with Crippen molar-refractivity contribution in [2.45, 2.75) is 31.5 Å². The summed E-state index contributed by atoms with van der Waals surface area (Å²) < 4.78 is 11.0. The molecule has 1 fully saturated rings. The molecule has 0 aliphatic carbocycles. The zero-order valence-electron chi connectivity index (χ0n) is 14.8. The molecule has 0 radical (unpaired) electrons. The van der Waals surface area contributed by atoms with Crippen LogP contribution in [0.4, 0.5) is 0 Å². The van der Waals surface area contributed by atoms with Crippen LogP contribution in [0.1, 0.15) is 30.3 Å². The predicted octanol–water partition coefficient (Wildman–Crippen LogP) is 1.66. The fraction of sp³-hybridized carbons (Fsp3) is 0.474. The van der Waals surface area contributed by atoms with Crippen LogP contribution in [0.2, 0.25) is 0 Å². The van der Waals surface area contributed by atoms with Gasteiger partial charge in [0.1, 0.15) is 5.76 Å². The molecule has 1 saturated heterocycles. The summed E-state index contributed by atoms with van der Waals surface area (Å²) in [6.45, 7) is 2.49. The quantitative estimate of drug-likeness (QED) is 0.491. The minimum absolute atomic E-state index is 0.220. The van der Waals surface area contributed by atoms with E-state index in [-0.39, 0.29) is 12.6 Å². The Morgan fingerprint density at radius 1 is 1.31 bits per heavy atom. The smallest absolute Gasteiger partial charge is 0.191 e. The molecule has 2 aromatic rings. The number of aliphatic hydroxyl groups excluding tert-OH is 1. The zero-order valence-corrected chi connectivity index (χ0v) is 14.8. The molecule has 26 heavy (non-hydrogen) atoms. The number of hydrogen-bond acceptors (Lipinski definition) is 5. The van der Waals surface area contributed by atoms with Crippen molar-refractivity contribution in [2.75, 3.05) is 26.2 Å². The fourth-order valence-corrected chi connectivity index (χ4v) is 2.82. The Bertz CT molecular complexity index is 655. The van der Waals surface area contributed by atoms with E-state index in [2.05, 4.69) is 20.6 Å². The van der Waals surface area contributed by atoms with Gasteiger partial charge in [0.15, 0.2) is 5.96 Å². The highest BCUT2D eigenvalue weighted by Crippen LogP contribution is 2.12. The summed E-state index contributed by atoms with van der Waals surface area (Å²) in [5.74, 6) is 1.59. The lowest BCUT2D eigenvalue weighted by molar-refractivity contribution is 0.113. The van der Waals surface area contributed by atoms with Gasteiger partial charge in [0.25, 0.3) is 0 Å². The van der Waals surface area contributed by atoms with E-state index in [0.717, 1.165) is 37.2 Å². The normalized spacial score (nSPS) is 18.7.